The highest BCUT2D eigenvalue weighted by Gasteiger charge is 2.30. The van der Waals surface area contributed by atoms with E-state index in [1.807, 2.05) is 24.0 Å². The molecule has 37 heavy (non-hydrogen) atoms. The number of fused-ring (bicyclic) bond motifs is 1. The Balaban J connectivity index is 1.25. The molecule has 10 nitrogen and oxygen atoms in total. The molecule has 0 unspecified atom stereocenters. The first-order chi connectivity index (χ1) is 17.9. The van der Waals surface area contributed by atoms with Crippen molar-refractivity contribution in [2.75, 3.05) is 43.5 Å². The van der Waals surface area contributed by atoms with E-state index in [0.29, 0.717) is 21.8 Å². The van der Waals surface area contributed by atoms with E-state index in [4.69, 9.17) is 4.74 Å². The fourth-order valence-corrected chi connectivity index (χ4v) is 6.06. The minimum absolute atomic E-state index is 0.0598. The Morgan fingerprint density at radius 3 is 2.62 bits per heavy atom. The van der Waals surface area contributed by atoms with Gasteiger partial charge in [-0.15, -0.1) is 0 Å². The minimum atomic E-state index is -0.350. The van der Waals surface area contributed by atoms with Gasteiger partial charge in [0.15, 0.2) is 10.8 Å². The Labute approximate surface area is 219 Å². The number of likely N-dealkylation sites (tertiary alicyclic amines) is 1. The van der Waals surface area contributed by atoms with Gasteiger partial charge >= 0.3 is 0 Å². The van der Waals surface area contributed by atoms with Crippen molar-refractivity contribution < 1.29 is 14.3 Å². The first-order valence-electron chi connectivity index (χ1n) is 12.8. The van der Waals surface area contributed by atoms with Crippen molar-refractivity contribution in [2.24, 2.45) is 5.92 Å². The number of hydrogen-bond acceptors (Lipinski definition) is 8. The van der Waals surface area contributed by atoms with Gasteiger partial charge in [-0.05, 0) is 56.7 Å². The number of amides is 2. The zero-order valence-electron chi connectivity index (χ0n) is 21.2. The molecule has 11 heteroatoms. The molecule has 4 heterocycles. The second kappa shape index (κ2) is 10.9. The lowest BCUT2D eigenvalue weighted by Crippen LogP contribution is -2.44. The van der Waals surface area contributed by atoms with Crippen LogP contribution in [-0.4, -0.2) is 64.5 Å². The number of benzene rings is 1. The van der Waals surface area contributed by atoms with Crippen LogP contribution in [0, 0.1) is 12.8 Å². The van der Waals surface area contributed by atoms with Crippen LogP contribution in [-0.2, 0) is 16.1 Å². The summed E-state index contributed by atoms with van der Waals surface area (Å²) >= 11 is 1.29. The third-order valence-electron chi connectivity index (χ3n) is 7.10. The van der Waals surface area contributed by atoms with E-state index in [-0.39, 0.29) is 29.8 Å². The molecule has 0 spiro atoms. The number of carbonyl (C=O) groups excluding carboxylic acids is 2. The fraction of sp³-hybridized carbons (Fsp3) is 0.500. The molecule has 0 saturated carbocycles. The SMILES string of the molecule is COc1ccc(C)cc1NC(=O)Cn1cnc2nc(N3CCC(C(=O)N4CCCCC4)CC3)sc2c1=O. The predicted octanol–water partition coefficient (Wildman–Crippen LogP) is 3.04. The highest BCUT2D eigenvalue weighted by atomic mass is 32.1. The first-order valence-corrected chi connectivity index (χ1v) is 13.6. The van der Waals surface area contributed by atoms with Crippen molar-refractivity contribution in [1.29, 1.82) is 0 Å². The zero-order valence-corrected chi connectivity index (χ0v) is 22.1. The first kappa shape index (κ1) is 25.2. The Bertz CT molecular complexity index is 1350. The normalized spacial score (nSPS) is 16.7. The number of hydrogen-bond donors (Lipinski definition) is 1. The summed E-state index contributed by atoms with van der Waals surface area (Å²) in [7, 11) is 1.54. The van der Waals surface area contributed by atoms with Gasteiger partial charge in [-0.25, -0.2) is 4.98 Å². The van der Waals surface area contributed by atoms with Crippen LogP contribution in [0.4, 0.5) is 10.8 Å². The highest BCUT2D eigenvalue weighted by molar-refractivity contribution is 7.22. The zero-order chi connectivity index (χ0) is 25.9. The van der Waals surface area contributed by atoms with Crippen LogP contribution in [0.2, 0.25) is 0 Å². The van der Waals surface area contributed by atoms with Gasteiger partial charge in [0.2, 0.25) is 11.8 Å². The summed E-state index contributed by atoms with van der Waals surface area (Å²) in [6.07, 6.45) is 6.34. The van der Waals surface area contributed by atoms with Crippen LogP contribution in [0.5, 0.6) is 5.75 Å². The molecular weight excluding hydrogens is 492 g/mol. The summed E-state index contributed by atoms with van der Waals surface area (Å²) in [5.74, 6) is 0.546. The maximum Gasteiger partial charge on any atom is 0.273 e. The molecule has 196 valence electrons. The number of methoxy groups -OCH3 is 1. The van der Waals surface area contributed by atoms with Gasteiger partial charge < -0.3 is 19.9 Å². The average Bonchev–Trinajstić information content (AvgIpc) is 3.36. The average molecular weight is 525 g/mol. The van der Waals surface area contributed by atoms with Crippen molar-refractivity contribution in [3.63, 3.8) is 0 Å². The molecule has 1 aromatic carbocycles. The van der Waals surface area contributed by atoms with Gasteiger partial charge in [-0.3, -0.25) is 19.0 Å². The molecule has 2 aliphatic heterocycles. The van der Waals surface area contributed by atoms with Gasteiger partial charge in [-0.1, -0.05) is 17.4 Å². The molecule has 2 aromatic heterocycles. The Morgan fingerprint density at radius 2 is 1.89 bits per heavy atom. The number of rotatable bonds is 6. The van der Waals surface area contributed by atoms with Crippen molar-refractivity contribution >= 4 is 44.3 Å². The third kappa shape index (κ3) is 5.46. The van der Waals surface area contributed by atoms with E-state index < -0.39 is 0 Å². The van der Waals surface area contributed by atoms with E-state index in [1.165, 1.54) is 28.7 Å². The third-order valence-corrected chi connectivity index (χ3v) is 8.19. The summed E-state index contributed by atoms with van der Waals surface area (Å²) in [4.78, 5) is 51.8. The van der Waals surface area contributed by atoms with E-state index in [2.05, 4.69) is 20.2 Å². The van der Waals surface area contributed by atoms with Gasteiger partial charge in [-0.2, -0.15) is 4.98 Å². The molecule has 2 amide bonds. The Hall–Kier alpha value is -3.47. The number of piperidine rings is 2. The molecule has 0 aliphatic carbocycles. The van der Waals surface area contributed by atoms with Gasteiger partial charge in [0.25, 0.3) is 5.56 Å². The monoisotopic (exact) mass is 524 g/mol. The Morgan fingerprint density at radius 1 is 1.14 bits per heavy atom. The number of carbonyl (C=O) groups is 2. The number of anilines is 2. The molecule has 0 bridgehead atoms. The van der Waals surface area contributed by atoms with Crippen LogP contribution < -0.4 is 20.5 Å². The summed E-state index contributed by atoms with van der Waals surface area (Å²) in [5, 5.41) is 3.55. The Kier molecular flexibility index (Phi) is 7.40. The van der Waals surface area contributed by atoms with Gasteiger partial charge in [0, 0.05) is 32.1 Å². The molecule has 2 saturated heterocycles. The maximum atomic E-state index is 13.1. The van der Waals surface area contributed by atoms with Crippen LogP contribution >= 0.6 is 11.3 Å². The van der Waals surface area contributed by atoms with Crippen LogP contribution in [0.15, 0.2) is 29.3 Å². The second-order valence-electron chi connectivity index (χ2n) is 9.73. The molecule has 3 aromatic rings. The lowest BCUT2D eigenvalue weighted by Gasteiger charge is -2.35. The number of ether oxygens (including phenoxy) is 1. The number of nitrogens with one attached hydrogen (secondary N) is 1. The van der Waals surface area contributed by atoms with E-state index in [1.54, 1.807) is 13.2 Å². The highest BCUT2D eigenvalue weighted by Crippen LogP contribution is 2.30. The molecular formula is C26H32N6O4S. The van der Waals surface area contributed by atoms with Crippen LogP contribution in [0.3, 0.4) is 0 Å². The smallest absolute Gasteiger partial charge is 0.273 e. The quantitative estimate of drug-likeness (QED) is 0.528. The standard InChI is InChI=1S/C26H32N6O4S/c1-17-6-7-20(36-2)19(14-17)28-21(33)15-32-16-27-23-22(25(32)35)37-26(29-23)31-12-8-18(9-13-31)24(34)30-10-4-3-5-11-30/h6-7,14,16,18H,3-5,8-13,15H2,1-2H3,(H,28,33). The largest absolute Gasteiger partial charge is 0.495 e. The van der Waals surface area contributed by atoms with E-state index in [9.17, 15) is 14.4 Å². The summed E-state index contributed by atoms with van der Waals surface area (Å²) < 4.78 is 7.03. The predicted molar refractivity (Wildman–Crippen MR) is 143 cm³/mol. The topological polar surface area (TPSA) is 110 Å². The summed E-state index contributed by atoms with van der Waals surface area (Å²) in [6, 6.07) is 5.50. The van der Waals surface area contributed by atoms with E-state index in [0.717, 1.165) is 62.6 Å². The summed E-state index contributed by atoms with van der Waals surface area (Å²) in [5.41, 5.74) is 1.62. The molecule has 5 rings (SSSR count). The molecule has 0 atom stereocenters. The van der Waals surface area contributed by atoms with Crippen LogP contribution in [0.25, 0.3) is 10.3 Å². The van der Waals surface area contributed by atoms with Gasteiger partial charge in [0.05, 0.1) is 12.8 Å². The summed E-state index contributed by atoms with van der Waals surface area (Å²) in [6.45, 7) is 4.96. The van der Waals surface area contributed by atoms with Crippen LogP contribution in [0.1, 0.15) is 37.7 Å². The van der Waals surface area contributed by atoms with Crippen molar-refractivity contribution in [1.82, 2.24) is 19.4 Å². The molecule has 2 aliphatic rings. The lowest BCUT2D eigenvalue weighted by atomic mass is 9.94. The second-order valence-corrected chi connectivity index (χ2v) is 10.7. The maximum absolute atomic E-state index is 13.1. The lowest BCUT2D eigenvalue weighted by molar-refractivity contribution is -0.137. The minimum Gasteiger partial charge on any atom is -0.495 e. The number of nitrogens with zero attached hydrogens (tertiary/aromatic N) is 5. The van der Waals surface area contributed by atoms with Crippen molar-refractivity contribution in [3.05, 3.63) is 40.4 Å². The number of aromatic nitrogens is 3. The van der Waals surface area contributed by atoms with Crippen molar-refractivity contribution in [3.8, 4) is 5.75 Å². The number of aryl methyl sites for hydroxylation is 1. The molecule has 0 radical (unpaired) electrons. The molecule has 1 N–H and O–H groups in total. The van der Waals surface area contributed by atoms with Gasteiger partial charge in [0.1, 0.15) is 23.3 Å². The van der Waals surface area contributed by atoms with E-state index >= 15 is 0 Å². The molecule has 2 fully saturated rings. The van der Waals surface area contributed by atoms with Crippen molar-refractivity contribution in [2.45, 2.75) is 45.6 Å². The number of thiazole rings is 1. The fourth-order valence-electron chi connectivity index (χ4n) is 5.04.